The minimum Gasteiger partial charge on any atom is -0.870 e. The summed E-state index contributed by atoms with van der Waals surface area (Å²) in [6, 6.07) is -3.78. The summed E-state index contributed by atoms with van der Waals surface area (Å²) in [5, 5.41) is 81.8. The zero-order chi connectivity index (χ0) is 99.2. The molecule has 41 heteroatoms. The van der Waals surface area contributed by atoms with Crippen molar-refractivity contribution in [1.82, 2.24) is 40.0 Å². The Bertz CT molecular complexity index is 3680. The summed E-state index contributed by atoms with van der Waals surface area (Å²) in [4.78, 5) is 190. The van der Waals surface area contributed by atoms with Gasteiger partial charge in [0, 0.05) is 112 Å². The number of carbonyl (C=O) groups excluding carboxylic acids is 12. The number of piperidine rings is 3. The first-order valence-corrected chi connectivity index (χ1v) is 45.3. The van der Waals surface area contributed by atoms with Crippen molar-refractivity contribution in [2.75, 3.05) is 100 Å². The van der Waals surface area contributed by atoms with E-state index in [4.69, 9.17) is 34.3 Å². The summed E-state index contributed by atoms with van der Waals surface area (Å²) in [5.74, 6) is -10.8. The van der Waals surface area contributed by atoms with Crippen molar-refractivity contribution in [2.45, 2.75) is 362 Å². The monoisotopic (exact) mass is 1980 g/mol. The second kappa shape index (κ2) is 64.3. The van der Waals surface area contributed by atoms with Gasteiger partial charge in [0.2, 0.25) is 35.4 Å². The van der Waals surface area contributed by atoms with Gasteiger partial charge in [-0.3, -0.25) is 52.7 Å². The number of carbonyl (C=O) groups is 15. The topological polar surface area (TPSA) is 547 Å². The molecule has 0 saturated carbocycles. The van der Waals surface area contributed by atoms with Crippen molar-refractivity contribution in [3.05, 3.63) is 7.43 Å². The summed E-state index contributed by atoms with van der Waals surface area (Å²) in [6.07, 6.45) is 7.55. The molecule has 8 heterocycles. The number of nitrogens with zero attached hydrogens (tertiary/aromatic N) is 6. The molecule has 137 heavy (non-hydrogen) atoms. The van der Waals surface area contributed by atoms with Gasteiger partial charge in [-0.25, -0.2) is 19.2 Å². The minimum atomic E-state index is -1.11. The molecule has 8 rings (SSSR count). The molecule has 6 amide bonds. The van der Waals surface area contributed by atoms with Crippen molar-refractivity contribution >= 4 is 110 Å². The van der Waals surface area contributed by atoms with Crippen LogP contribution in [0.5, 0.6) is 0 Å². The Kier molecular flexibility index (Phi) is 66.9. The third-order valence-corrected chi connectivity index (χ3v) is 23.6. The Morgan fingerprint density at radius 3 is 0.832 bits per heavy atom. The Morgan fingerprint density at radius 1 is 0.358 bits per heavy atom. The van der Waals surface area contributed by atoms with Crippen molar-refractivity contribution in [3.8, 4) is 0 Å². The van der Waals surface area contributed by atoms with Crippen LogP contribution in [0.2, 0.25) is 0 Å². The van der Waals surface area contributed by atoms with Crippen LogP contribution in [0.4, 0.5) is 0 Å². The number of methoxy groups -OCH3 is 4. The van der Waals surface area contributed by atoms with Gasteiger partial charge in [0.05, 0.1) is 108 Å². The molecule has 0 aromatic heterocycles. The molecule has 3 radical (unpaired) electrons. The fourth-order valence-electron chi connectivity index (χ4n) is 16.2. The molecule has 0 unspecified atom stereocenters. The van der Waals surface area contributed by atoms with E-state index in [1.54, 1.807) is 83.1 Å². The van der Waals surface area contributed by atoms with Gasteiger partial charge in [0.1, 0.15) is 41.4 Å². The van der Waals surface area contributed by atoms with E-state index < -0.39 is 176 Å². The van der Waals surface area contributed by atoms with E-state index in [-0.39, 0.29) is 200 Å². The summed E-state index contributed by atoms with van der Waals surface area (Å²) in [6.45, 7) is 44.5. The van der Waals surface area contributed by atoms with Gasteiger partial charge in [0.15, 0.2) is 0 Å². The molecule has 38 nitrogen and oxygen atoms in total. The van der Waals surface area contributed by atoms with Gasteiger partial charge >= 0.3 is 72.6 Å². The Balaban J connectivity index is -0.000000293. The molecule has 8 aliphatic heterocycles. The van der Waals surface area contributed by atoms with E-state index in [1.165, 1.54) is 80.4 Å². The smallest absolute Gasteiger partial charge is 0.870 e. The molecule has 793 valence electrons. The molecule has 11 N–H and O–H groups in total. The quantitative estimate of drug-likeness (QED) is 0.0316. The number of hydrogen-bond acceptors (Lipinski definition) is 29. The molecule has 0 spiro atoms. The summed E-state index contributed by atoms with van der Waals surface area (Å²) < 4.78 is 29.1. The summed E-state index contributed by atoms with van der Waals surface area (Å²) >= 11 is 0. The number of ether oxygens (including phenoxy) is 6. The second-order valence-electron chi connectivity index (χ2n) is 42.1. The maximum absolute atomic E-state index is 13.2. The van der Waals surface area contributed by atoms with Crippen molar-refractivity contribution in [2.24, 2.45) is 56.7 Å². The molecular formula is C96H177BClLiN8O30-. The average Bonchev–Trinajstić information content (AvgIpc) is 1.73. The summed E-state index contributed by atoms with van der Waals surface area (Å²) in [7, 11) is 5.08. The van der Waals surface area contributed by atoms with Crippen LogP contribution in [0.1, 0.15) is 290 Å². The molecule has 8 aliphatic rings. The molecule has 8 saturated heterocycles. The fourth-order valence-corrected chi connectivity index (χ4v) is 16.2. The van der Waals surface area contributed by atoms with E-state index >= 15 is 0 Å². The van der Waals surface area contributed by atoms with E-state index in [2.05, 4.69) is 20.1 Å². The van der Waals surface area contributed by atoms with E-state index in [9.17, 15) is 97.5 Å². The van der Waals surface area contributed by atoms with Crippen LogP contribution in [-0.4, -0.2) is 346 Å². The zero-order valence-electron chi connectivity index (χ0n) is 85.1. The van der Waals surface area contributed by atoms with Crippen LogP contribution in [0.15, 0.2) is 0 Å². The maximum Gasteiger partial charge on any atom is 1.00 e. The van der Waals surface area contributed by atoms with Crippen molar-refractivity contribution < 1.29 is 166 Å². The average molecular weight is 1980 g/mol. The first kappa shape index (κ1) is 143. The molecule has 0 aromatic carbocycles. The number of nitrogens with one attached hydrogen (secondary N) is 2. The molecule has 0 aliphatic carbocycles. The minimum absolute atomic E-state index is 0. The number of esters is 6. The predicted molar refractivity (Wildman–Crippen MR) is 517 cm³/mol. The number of halogens is 1. The standard InChI is InChI=1S/C19H32N2O5.C18H30N2O5.C18H31NO6.C14H23NO6.C12H22O4.C6H11NO3.C5H11N.3CH4.CH3.B.ClH.Li.H2O/c1-19(2,3)14(11-16(23)20-8-6-5-7-9-20)17(24)21-12-13(22)10-15(21)18(25)26-4;1-18(2,3)13(10-15(22)19-7-5-4-6-8-19)16(23)20-11-12(21)9-14(20)17(24)25;1-17(2,3)12(9-14(21)25-18(4,5)6)15(22)19-10-11(20)8-13(19)16(23)24-7;1-14(2,3)9(6-11(17)18)12(19)15-7-8(16)5-10(15)13(20)21-4;1-11(2,3)8(10(14)15)7-9(13)16-12(4,5)6;1-10-6(9)5-2-4(8)3-7-5;1-2-4-6-5-3-1;;;;;;;;/h13-15,22H,5-12H2,1-4H3;12-14,21H,4-11H2,1-3H3,(H,24,25);11-13,20H,8-10H2,1-7H3;8-10,16H,5-7H2,1-4H3,(H,17,18);8H,7H2,1-6H3,(H,14,15);4-5,7-8H,2-3H2,1H3;6H,1-5H2;3*1H4;1H3;;1H;;1H2/q;;;;;;;;;;-1;;;+1;/p-1/t13-,14-,15+;12-,13-,14+;11-,12-,13+;8-,9-,10+;8-;4-,5+;;;;;;;;;/m111111........./s1. The number of rotatable bonds is 20. The second-order valence-corrected chi connectivity index (χ2v) is 42.1. The molecule has 0 aromatic rings. The maximum atomic E-state index is 13.2. The molecule has 0 bridgehead atoms. The molecule has 15 atom stereocenters. The zero-order valence-corrected chi connectivity index (χ0v) is 86.0. The van der Waals surface area contributed by atoms with Gasteiger partial charge in [-0.1, -0.05) is 133 Å². The number of amides is 6. The van der Waals surface area contributed by atoms with Crippen LogP contribution in [0, 0.1) is 64.1 Å². The Morgan fingerprint density at radius 2 is 0.613 bits per heavy atom. The summed E-state index contributed by atoms with van der Waals surface area (Å²) in [5.41, 5.74) is -3.65. The van der Waals surface area contributed by atoms with Crippen LogP contribution in [0.3, 0.4) is 0 Å². The third kappa shape index (κ3) is 49.8. The van der Waals surface area contributed by atoms with Gasteiger partial charge in [-0.15, -0.1) is 12.4 Å². The SMILES string of the molecule is C.C.C.C1CCNCC1.CC(C)(C)OC(=O)C[C@H](C(=O)O)C(C)(C)C.CC(C)(C)[C@H](CC(=O)N1CCCCC1)C(=O)N1C[C@H](O)C[C@H]1C(=O)O.COC(=O)[C@@H]1C[C@@H](O)CN1.COC(=O)[C@@H]1C[C@@H](O)CN1C(=O)[C@@H](CC(=O)N1CCCCC1)C(C)(C)C.COC(=O)[C@@H]1C[C@@H](O)CN1C(=O)[C@@H](CC(=O)O)C(C)(C)C.COC(=O)[C@@H]1C[C@@H](O)CN1C(=O)[C@@H](CC(=O)OC(C)(C)C)C(C)(C)C.Cl.[B].[CH3-].[Li+].[OH-]. The van der Waals surface area contributed by atoms with Crippen LogP contribution in [-0.2, 0) is 100 Å². The number of carboxylic acid groups (broad SMARTS) is 3. The number of β-amino-alcohol motifs (C(OH)–C–C–N with tert-alkyl or cyclic N) is 5. The normalized spacial score (nSPS) is 22.3. The third-order valence-electron chi connectivity index (χ3n) is 23.6. The number of aliphatic carboxylic acids is 3. The van der Waals surface area contributed by atoms with Gasteiger partial charge in [-0.05, 0) is 133 Å². The fraction of sp³-hybridized carbons (Fsp3) is 0.833. The van der Waals surface area contributed by atoms with Crippen LogP contribution in [0.25, 0.3) is 0 Å². The van der Waals surface area contributed by atoms with E-state index in [1.807, 2.05) is 72.1 Å². The number of carboxylic acids is 3. The van der Waals surface area contributed by atoms with E-state index in [0.29, 0.717) is 13.0 Å². The van der Waals surface area contributed by atoms with Crippen molar-refractivity contribution in [1.29, 1.82) is 0 Å². The largest absolute Gasteiger partial charge is 1.00 e. The Labute approximate surface area is 837 Å². The number of likely N-dealkylation sites (tertiary alicyclic amines) is 6. The van der Waals surface area contributed by atoms with Crippen LogP contribution < -0.4 is 29.5 Å². The predicted octanol–water partition coefficient (Wildman–Crippen LogP) is 5.39. The first-order chi connectivity index (χ1) is 59.3. The number of hydrogen-bond donors (Lipinski definition) is 10. The van der Waals surface area contributed by atoms with Gasteiger partial charge in [0.25, 0.3) is 0 Å². The van der Waals surface area contributed by atoms with Gasteiger partial charge < -0.3 is 122 Å². The van der Waals surface area contributed by atoms with Crippen LogP contribution >= 0.6 is 12.4 Å². The van der Waals surface area contributed by atoms with Crippen molar-refractivity contribution in [3.63, 3.8) is 0 Å². The number of aliphatic hydroxyl groups is 5. The first-order valence-electron chi connectivity index (χ1n) is 45.3. The number of aliphatic hydroxyl groups excluding tert-OH is 5. The van der Waals surface area contributed by atoms with E-state index in [0.717, 1.165) is 64.7 Å². The Hall–Kier alpha value is -7.32. The molecular weight excluding hydrogens is 1800 g/mol. The van der Waals surface area contributed by atoms with Gasteiger partial charge in [-0.2, -0.15) is 0 Å². The molecule has 8 fully saturated rings.